The van der Waals surface area contributed by atoms with Crippen LogP contribution in [0.15, 0.2) is 24.3 Å². The number of hydrogen-bond acceptors (Lipinski definition) is 3. The highest BCUT2D eigenvalue weighted by Gasteiger charge is 2.39. The Morgan fingerprint density at radius 3 is 2.88 bits per heavy atom. The molecule has 1 aromatic rings. The largest absolute Gasteiger partial charge is 0.370 e. The Balaban J connectivity index is 1.29. The van der Waals surface area contributed by atoms with E-state index in [2.05, 4.69) is 11.8 Å². The highest BCUT2D eigenvalue weighted by Crippen LogP contribution is 2.28. The molecule has 4 rings (SSSR count). The first-order chi connectivity index (χ1) is 12.6. The normalized spacial score (nSPS) is 25.8. The van der Waals surface area contributed by atoms with Gasteiger partial charge in [0.05, 0.1) is 12.0 Å². The second kappa shape index (κ2) is 7.30. The molecule has 0 aliphatic carbocycles. The Bertz CT molecular complexity index is 779. The number of urea groups is 1. The molecular weight excluding hydrogens is 352 g/mol. The molecule has 0 N–H and O–H groups in total. The van der Waals surface area contributed by atoms with Crippen molar-refractivity contribution in [2.75, 3.05) is 32.8 Å². The molecule has 0 bridgehead atoms. The van der Waals surface area contributed by atoms with E-state index in [0.717, 1.165) is 12.0 Å². The average Bonchev–Trinajstić information content (AvgIpc) is 2.59. The van der Waals surface area contributed by atoms with Gasteiger partial charge in [0.2, 0.25) is 0 Å². The van der Waals surface area contributed by atoms with Gasteiger partial charge in [-0.25, -0.2) is 4.79 Å². The summed E-state index contributed by atoms with van der Waals surface area (Å²) < 4.78 is 5.59. The Labute approximate surface area is 158 Å². The van der Waals surface area contributed by atoms with Crippen LogP contribution in [0.2, 0.25) is 5.02 Å². The molecule has 26 heavy (non-hydrogen) atoms. The third kappa shape index (κ3) is 3.72. The van der Waals surface area contributed by atoms with Gasteiger partial charge in [0, 0.05) is 49.1 Å². The lowest BCUT2D eigenvalue weighted by molar-refractivity contribution is -0.140. The number of ketones is 1. The lowest BCUT2D eigenvalue weighted by Gasteiger charge is -2.45. The van der Waals surface area contributed by atoms with Gasteiger partial charge in [0.25, 0.3) is 0 Å². The SMILES string of the molecule is O=C1CO[C@H]2CCN(C(=O)N3CC(C#Cc4cccc(Cl)c4)C3)C[C@H]2C1. The van der Waals surface area contributed by atoms with Crippen LogP contribution < -0.4 is 0 Å². The summed E-state index contributed by atoms with van der Waals surface area (Å²) in [6, 6.07) is 7.53. The molecule has 0 aromatic heterocycles. The number of piperidine rings is 1. The van der Waals surface area contributed by atoms with Crippen molar-refractivity contribution >= 4 is 23.4 Å². The molecule has 0 saturated carbocycles. The van der Waals surface area contributed by atoms with Crippen molar-refractivity contribution in [2.24, 2.45) is 11.8 Å². The molecule has 3 aliphatic heterocycles. The number of rotatable bonds is 0. The monoisotopic (exact) mass is 372 g/mol. The van der Waals surface area contributed by atoms with E-state index in [-0.39, 0.29) is 36.4 Å². The molecular formula is C20H21ClN2O3. The Kier molecular flexibility index (Phi) is 4.88. The van der Waals surface area contributed by atoms with Gasteiger partial charge in [-0.15, -0.1) is 0 Å². The summed E-state index contributed by atoms with van der Waals surface area (Å²) in [7, 11) is 0. The van der Waals surface area contributed by atoms with Crippen LogP contribution in [-0.2, 0) is 9.53 Å². The molecule has 0 radical (unpaired) electrons. The van der Waals surface area contributed by atoms with Crippen LogP contribution in [0, 0.1) is 23.7 Å². The second-order valence-corrected chi connectivity index (χ2v) is 7.69. The zero-order valence-corrected chi connectivity index (χ0v) is 15.2. The molecule has 6 heteroatoms. The van der Waals surface area contributed by atoms with Gasteiger partial charge < -0.3 is 14.5 Å². The second-order valence-electron chi connectivity index (χ2n) is 7.25. The highest BCUT2D eigenvalue weighted by atomic mass is 35.5. The van der Waals surface area contributed by atoms with E-state index < -0.39 is 0 Å². The fourth-order valence-corrected chi connectivity index (χ4v) is 4.02. The fraction of sp³-hybridized carbons (Fsp3) is 0.500. The van der Waals surface area contributed by atoms with Crippen LogP contribution in [0.1, 0.15) is 18.4 Å². The summed E-state index contributed by atoms with van der Waals surface area (Å²) in [6.45, 7) is 2.86. The number of halogens is 1. The van der Waals surface area contributed by atoms with Gasteiger partial charge in [0.1, 0.15) is 6.61 Å². The number of amides is 2. The number of nitrogens with zero attached hydrogens (tertiary/aromatic N) is 2. The number of carbonyl (C=O) groups excluding carboxylic acids is 2. The van der Waals surface area contributed by atoms with Crippen LogP contribution in [0.3, 0.4) is 0 Å². The summed E-state index contributed by atoms with van der Waals surface area (Å²) in [6.07, 6.45) is 1.47. The molecule has 2 atom stereocenters. The van der Waals surface area contributed by atoms with Crippen molar-refractivity contribution in [1.82, 2.24) is 9.80 Å². The van der Waals surface area contributed by atoms with E-state index in [4.69, 9.17) is 16.3 Å². The molecule has 3 saturated heterocycles. The molecule has 1 aromatic carbocycles. The molecule has 5 nitrogen and oxygen atoms in total. The average molecular weight is 373 g/mol. The van der Waals surface area contributed by atoms with Crippen molar-refractivity contribution in [3.05, 3.63) is 34.9 Å². The Morgan fingerprint density at radius 1 is 1.23 bits per heavy atom. The minimum Gasteiger partial charge on any atom is -0.370 e. The molecule has 136 valence electrons. The van der Waals surface area contributed by atoms with E-state index in [0.29, 0.717) is 37.6 Å². The maximum atomic E-state index is 12.7. The summed E-state index contributed by atoms with van der Waals surface area (Å²) in [5.41, 5.74) is 0.895. The number of ether oxygens (including phenoxy) is 1. The third-order valence-corrected chi connectivity index (χ3v) is 5.52. The Hall–Kier alpha value is -2.03. The lowest BCUT2D eigenvalue weighted by atomic mass is 9.88. The Morgan fingerprint density at radius 2 is 2.08 bits per heavy atom. The van der Waals surface area contributed by atoms with Crippen molar-refractivity contribution < 1.29 is 14.3 Å². The van der Waals surface area contributed by atoms with Gasteiger partial charge in [0.15, 0.2) is 5.78 Å². The number of fused-ring (bicyclic) bond motifs is 1. The minimum atomic E-state index is 0.0577. The molecule has 3 fully saturated rings. The van der Waals surface area contributed by atoms with Crippen LogP contribution in [0.5, 0.6) is 0 Å². The van der Waals surface area contributed by atoms with Crippen molar-refractivity contribution in [3.8, 4) is 11.8 Å². The quantitative estimate of drug-likeness (QED) is 0.657. The van der Waals surface area contributed by atoms with E-state index in [1.165, 1.54) is 0 Å². The first-order valence-corrected chi connectivity index (χ1v) is 9.40. The van der Waals surface area contributed by atoms with E-state index >= 15 is 0 Å². The van der Waals surface area contributed by atoms with E-state index in [1.807, 2.05) is 34.1 Å². The first kappa shape index (κ1) is 17.4. The highest BCUT2D eigenvalue weighted by molar-refractivity contribution is 6.30. The van der Waals surface area contributed by atoms with Crippen LogP contribution in [-0.4, -0.2) is 60.5 Å². The van der Waals surface area contributed by atoms with Gasteiger partial charge in [-0.3, -0.25) is 4.79 Å². The van der Waals surface area contributed by atoms with E-state index in [1.54, 1.807) is 0 Å². The lowest BCUT2D eigenvalue weighted by Crippen LogP contribution is -2.58. The van der Waals surface area contributed by atoms with Crippen molar-refractivity contribution in [1.29, 1.82) is 0 Å². The number of hydrogen-bond donors (Lipinski definition) is 0. The number of benzene rings is 1. The topological polar surface area (TPSA) is 49.9 Å². The van der Waals surface area contributed by atoms with Crippen LogP contribution in [0.25, 0.3) is 0 Å². The number of carbonyl (C=O) groups is 2. The fourth-order valence-electron chi connectivity index (χ4n) is 3.83. The smallest absolute Gasteiger partial charge is 0.320 e. The van der Waals surface area contributed by atoms with Gasteiger partial charge in [-0.1, -0.05) is 29.5 Å². The third-order valence-electron chi connectivity index (χ3n) is 5.28. The summed E-state index contributed by atoms with van der Waals surface area (Å²) in [5, 5.41) is 0.677. The van der Waals surface area contributed by atoms with Gasteiger partial charge in [-0.2, -0.15) is 0 Å². The van der Waals surface area contributed by atoms with Crippen LogP contribution >= 0.6 is 11.6 Å². The van der Waals surface area contributed by atoms with Crippen molar-refractivity contribution in [3.63, 3.8) is 0 Å². The summed E-state index contributed by atoms with van der Waals surface area (Å²) in [5.74, 6) is 6.83. The standard InChI is InChI=1S/C20H21ClN2O3/c21-17-3-1-2-14(8-17)4-5-15-10-23(11-15)20(25)22-7-6-19-16(12-22)9-18(24)13-26-19/h1-3,8,15-16,19H,6-7,9-13H2/t16-,19+/m1/s1. The van der Waals surface area contributed by atoms with Gasteiger partial charge >= 0.3 is 6.03 Å². The summed E-state index contributed by atoms with van der Waals surface area (Å²) >= 11 is 5.96. The number of Topliss-reactive ketones (excluding diaryl/α,β-unsaturated/α-hetero) is 1. The minimum absolute atomic E-state index is 0.0577. The molecule has 3 aliphatic rings. The maximum absolute atomic E-state index is 12.7. The molecule has 3 heterocycles. The molecule has 2 amide bonds. The molecule has 0 spiro atoms. The predicted molar refractivity (Wildman–Crippen MR) is 97.8 cm³/mol. The van der Waals surface area contributed by atoms with Crippen LogP contribution in [0.4, 0.5) is 4.79 Å². The zero-order chi connectivity index (χ0) is 18.1. The van der Waals surface area contributed by atoms with Crippen molar-refractivity contribution in [2.45, 2.75) is 18.9 Å². The maximum Gasteiger partial charge on any atom is 0.320 e. The summed E-state index contributed by atoms with van der Waals surface area (Å²) in [4.78, 5) is 27.9. The predicted octanol–water partition coefficient (Wildman–Crippen LogP) is 2.42. The molecule has 0 unspecified atom stereocenters. The van der Waals surface area contributed by atoms with Gasteiger partial charge in [-0.05, 0) is 24.6 Å². The van der Waals surface area contributed by atoms with E-state index in [9.17, 15) is 9.59 Å². The zero-order valence-electron chi connectivity index (χ0n) is 14.5. The number of likely N-dealkylation sites (tertiary alicyclic amines) is 2. The first-order valence-electron chi connectivity index (χ1n) is 9.03.